The lowest BCUT2D eigenvalue weighted by Crippen LogP contribution is -2.50. The van der Waals surface area contributed by atoms with E-state index in [-0.39, 0.29) is 11.9 Å². The Bertz CT molecular complexity index is 702. The maximum atomic E-state index is 12.4. The minimum atomic E-state index is -0.000620. The highest BCUT2D eigenvalue weighted by Gasteiger charge is 2.34. The third-order valence-electron chi connectivity index (χ3n) is 4.32. The molecule has 0 bridgehead atoms. The van der Waals surface area contributed by atoms with Crippen LogP contribution in [0.5, 0.6) is 5.88 Å². The molecule has 0 aromatic carbocycles. The second kappa shape index (κ2) is 5.64. The fourth-order valence-electron chi connectivity index (χ4n) is 2.75. The lowest BCUT2D eigenvalue weighted by Gasteiger charge is -2.38. The maximum absolute atomic E-state index is 12.4. The number of nitrogens with zero attached hydrogens (tertiary/aromatic N) is 5. The Hall–Kier alpha value is -2.44. The number of hydrogen-bond donors (Lipinski definition) is 0. The van der Waals surface area contributed by atoms with Crippen LogP contribution in [0.1, 0.15) is 47.8 Å². The molecule has 2 aromatic heterocycles. The molecule has 0 radical (unpaired) electrons. The molecule has 7 nitrogen and oxygen atoms in total. The molecule has 0 atom stereocenters. The van der Waals surface area contributed by atoms with Crippen molar-refractivity contribution in [1.82, 2.24) is 24.9 Å². The number of amides is 1. The summed E-state index contributed by atoms with van der Waals surface area (Å²) in [7, 11) is 0. The number of likely N-dealkylation sites (tertiary alicyclic amines) is 1. The van der Waals surface area contributed by atoms with Gasteiger partial charge in [0.15, 0.2) is 0 Å². The second-order valence-corrected chi connectivity index (χ2v) is 6.08. The fourth-order valence-corrected chi connectivity index (χ4v) is 2.75. The van der Waals surface area contributed by atoms with Gasteiger partial charge in [0.05, 0.1) is 23.9 Å². The summed E-state index contributed by atoms with van der Waals surface area (Å²) in [5.41, 5.74) is 1.68. The van der Waals surface area contributed by atoms with Gasteiger partial charge in [-0.3, -0.25) is 4.79 Å². The van der Waals surface area contributed by atoms with E-state index in [2.05, 4.69) is 15.3 Å². The van der Waals surface area contributed by atoms with E-state index >= 15 is 0 Å². The number of hydrogen-bond acceptors (Lipinski definition) is 5. The minimum Gasteiger partial charge on any atom is -0.478 e. The summed E-state index contributed by atoms with van der Waals surface area (Å²) in [6, 6.07) is 3.72. The van der Waals surface area contributed by atoms with Gasteiger partial charge in [-0.1, -0.05) is 5.21 Å². The first kappa shape index (κ1) is 14.2. The minimum absolute atomic E-state index is 0.000620. The Kier molecular flexibility index (Phi) is 3.48. The standard InChI is InChI=1S/C16H19N5O2/c1-2-23-15-6-5-12(7-17-15)16(22)20-8-13(9-20)21-10-14(18-19-21)11-3-4-11/h5-7,10-11,13H,2-4,8-9H2,1H3. The summed E-state index contributed by atoms with van der Waals surface area (Å²) in [5, 5.41) is 8.42. The number of ether oxygens (including phenoxy) is 1. The van der Waals surface area contributed by atoms with Gasteiger partial charge in [-0.2, -0.15) is 0 Å². The molecule has 23 heavy (non-hydrogen) atoms. The molecule has 2 aliphatic rings. The Labute approximate surface area is 134 Å². The maximum Gasteiger partial charge on any atom is 0.255 e. The van der Waals surface area contributed by atoms with Crippen LogP contribution in [0, 0.1) is 0 Å². The van der Waals surface area contributed by atoms with Crippen molar-refractivity contribution in [2.45, 2.75) is 31.7 Å². The topological polar surface area (TPSA) is 73.1 Å². The van der Waals surface area contributed by atoms with Crippen LogP contribution >= 0.6 is 0 Å². The molecule has 7 heteroatoms. The molecule has 120 valence electrons. The van der Waals surface area contributed by atoms with Gasteiger partial charge in [-0.25, -0.2) is 9.67 Å². The Balaban J connectivity index is 1.35. The van der Waals surface area contributed by atoms with Crippen molar-refractivity contribution in [1.29, 1.82) is 0 Å². The van der Waals surface area contributed by atoms with Crippen LogP contribution in [-0.4, -0.2) is 50.5 Å². The largest absolute Gasteiger partial charge is 0.478 e. The first-order valence-corrected chi connectivity index (χ1v) is 8.04. The molecule has 0 unspecified atom stereocenters. The van der Waals surface area contributed by atoms with Crippen LogP contribution in [0.15, 0.2) is 24.5 Å². The predicted octanol–water partition coefficient (Wildman–Crippen LogP) is 1.65. The van der Waals surface area contributed by atoms with E-state index < -0.39 is 0 Å². The molecule has 0 spiro atoms. The van der Waals surface area contributed by atoms with Crippen LogP contribution in [0.25, 0.3) is 0 Å². The molecule has 1 aliphatic heterocycles. The Morgan fingerprint density at radius 2 is 2.17 bits per heavy atom. The third kappa shape index (κ3) is 2.78. The zero-order valence-electron chi connectivity index (χ0n) is 13.1. The number of rotatable bonds is 5. The van der Waals surface area contributed by atoms with Crippen molar-refractivity contribution in [3.63, 3.8) is 0 Å². The van der Waals surface area contributed by atoms with Crippen molar-refractivity contribution in [3.8, 4) is 5.88 Å². The van der Waals surface area contributed by atoms with Gasteiger partial charge in [0, 0.05) is 37.5 Å². The average Bonchev–Trinajstić information content (AvgIpc) is 3.26. The lowest BCUT2D eigenvalue weighted by atomic mass is 10.1. The monoisotopic (exact) mass is 313 g/mol. The van der Waals surface area contributed by atoms with Gasteiger partial charge in [0.1, 0.15) is 0 Å². The zero-order valence-corrected chi connectivity index (χ0v) is 13.1. The molecule has 0 N–H and O–H groups in total. The molecule has 1 aliphatic carbocycles. The lowest BCUT2D eigenvalue weighted by molar-refractivity contribution is 0.0498. The normalized spacial score (nSPS) is 17.9. The molecular formula is C16H19N5O2. The fraction of sp³-hybridized carbons (Fsp3) is 0.500. The number of carbonyl (C=O) groups is 1. The van der Waals surface area contributed by atoms with E-state index in [1.165, 1.54) is 12.8 Å². The summed E-state index contributed by atoms with van der Waals surface area (Å²) in [4.78, 5) is 18.3. The zero-order chi connectivity index (χ0) is 15.8. The second-order valence-electron chi connectivity index (χ2n) is 6.08. The van der Waals surface area contributed by atoms with Crippen LogP contribution in [0.4, 0.5) is 0 Å². The van der Waals surface area contributed by atoms with Crippen LogP contribution in [0.3, 0.4) is 0 Å². The van der Waals surface area contributed by atoms with Gasteiger partial charge >= 0.3 is 0 Å². The first-order valence-electron chi connectivity index (χ1n) is 8.04. The van der Waals surface area contributed by atoms with Gasteiger partial charge in [-0.15, -0.1) is 5.10 Å². The summed E-state index contributed by atoms with van der Waals surface area (Å²) in [6.45, 7) is 3.80. The number of aromatic nitrogens is 4. The van der Waals surface area contributed by atoms with Crippen LogP contribution in [-0.2, 0) is 0 Å². The molecule has 1 amide bonds. The van der Waals surface area contributed by atoms with Gasteiger partial charge in [0.2, 0.25) is 5.88 Å². The van der Waals surface area contributed by atoms with E-state index in [0.29, 0.717) is 37.1 Å². The summed E-state index contributed by atoms with van der Waals surface area (Å²) >= 11 is 0. The van der Waals surface area contributed by atoms with Crippen molar-refractivity contribution >= 4 is 5.91 Å². The smallest absolute Gasteiger partial charge is 0.255 e. The van der Waals surface area contributed by atoms with Crippen LogP contribution in [0.2, 0.25) is 0 Å². The molecule has 1 saturated carbocycles. The van der Waals surface area contributed by atoms with Crippen molar-refractivity contribution in [2.24, 2.45) is 0 Å². The first-order chi connectivity index (χ1) is 11.2. The van der Waals surface area contributed by atoms with E-state index in [1.807, 2.05) is 17.8 Å². The highest BCUT2D eigenvalue weighted by molar-refractivity contribution is 5.94. The van der Waals surface area contributed by atoms with Crippen molar-refractivity contribution < 1.29 is 9.53 Å². The quantitative estimate of drug-likeness (QED) is 0.839. The molecule has 4 rings (SSSR count). The van der Waals surface area contributed by atoms with Gasteiger partial charge < -0.3 is 9.64 Å². The van der Waals surface area contributed by atoms with Gasteiger partial charge in [0.25, 0.3) is 5.91 Å². The molecule has 2 fully saturated rings. The average molecular weight is 313 g/mol. The van der Waals surface area contributed by atoms with Crippen LogP contribution < -0.4 is 4.74 Å². The van der Waals surface area contributed by atoms with E-state index in [0.717, 1.165) is 5.69 Å². The molecule has 1 saturated heterocycles. The summed E-state index contributed by atoms with van der Waals surface area (Å²) < 4.78 is 7.19. The van der Waals surface area contributed by atoms with Crippen molar-refractivity contribution in [3.05, 3.63) is 35.8 Å². The highest BCUT2D eigenvalue weighted by Crippen LogP contribution is 2.39. The number of pyridine rings is 1. The third-order valence-corrected chi connectivity index (χ3v) is 4.32. The highest BCUT2D eigenvalue weighted by atomic mass is 16.5. The van der Waals surface area contributed by atoms with E-state index in [9.17, 15) is 4.79 Å². The Morgan fingerprint density at radius 1 is 1.35 bits per heavy atom. The van der Waals surface area contributed by atoms with Gasteiger partial charge in [-0.05, 0) is 25.8 Å². The SMILES string of the molecule is CCOc1ccc(C(=O)N2CC(n3cc(C4CC4)nn3)C2)cn1. The van der Waals surface area contributed by atoms with Crippen molar-refractivity contribution in [2.75, 3.05) is 19.7 Å². The number of carbonyl (C=O) groups excluding carboxylic acids is 1. The summed E-state index contributed by atoms with van der Waals surface area (Å²) in [5.74, 6) is 1.15. The predicted molar refractivity (Wildman–Crippen MR) is 82.3 cm³/mol. The van der Waals surface area contributed by atoms with E-state index in [1.54, 1.807) is 23.2 Å². The Morgan fingerprint density at radius 3 is 2.83 bits per heavy atom. The van der Waals surface area contributed by atoms with E-state index in [4.69, 9.17) is 4.74 Å². The molecular weight excluding hydrogens is 294 g/mol. The molecule has 3 heterocycles. The molecule has 2 aromatic rings. The summed E-state index contributed by atoms with van der Waals surface area (Å²) in [6.07, 6.45) is 6.04.